The van der Waals surface area contributed by atoms with E-state index in [0.29, 0.717) is 0 Å². The molecule has 0 heteroatoms. The van der Waals surface area contributed by atoms with E-state index < -0.39 is 0 Å². The fourth-order valence-corrected chi connectivity index (χ4v) is 0.471. The van der Waals surface area contributed by atoms with Gasteiger partial charge in [-0.1, -0.05) is 79.7 Å². The Balaban J connectivity index is -0.0000000345. The highest BCUT2D eigenvalue weighted by molar-refractivity contribution is 4.73. The normalized spacial score (nSPS) is 7.38. The van der Waals surface area contributed by atoms with Crippen LogP contribution in [0.15, 0.2) is 24.3 Å². The summed E-state index contributed by atoms with van der Waals surface area (Å²) in [6.07, 6.45) is 10.7. The maximum Gasteiger partial charge on any atom is -0.0379 e. The van der Waals surface area contributed by atoms with Crippen LogP contribution in [0, 0.1) is 0 Å². The molecule has 16 heavy (non-hydrogen) atoms. The summed E-state index contributed by atoms with van der Waals surface area (Å²) in [5.41, 5.74) is 0. The molecule has 0 heterocycles. The monoisotopic (exact) mass is 230 g/mol. The minimum atomic E-state index is 1.16. The maximum absolute atomic E-state index is 2.12. The second-order valence-electron chi connectivity index (χ2n) is 1.95. The summed E-state index contributed by atoms with van der Waals surface area (Å²) >= 11 is 0. The molecule has 0 unspecified atom stereocenters. The van der Waals surface area contributed by atoms with Crippen LogP contribution in [0.3, 0.4) is 0 Å². The van der Waals surface area contributed by atoms with Crippen molar-refractivity contribution in [1.82, 2.24) is 0 Å². The fourth-order valence-electron chi connectivity index (χ4n) is 0.471. The van der Waals surface area contributed by atoms with E-state index in [1.54, 1.807) is 0 Å². The topological polar surface area (TPSA) is 0 Å². The Kier molecular flexibility index (Phi) is 162. The molecule has 102 valence electrons. The van der Waals surface area contributed by atoms with E-state index in [4.69, 9.17) is 0 Å². The Hall–Kier alpha value is -0.520. The molecule has 0 bridgehead atoms. The molecule has 0 saturated heterocycles. The second-order valence-corrected chi connectivity index (χ2v) is 1.95. The third-order valence-electron chi connectivity index (χ3n) is 0.943. The number of hydrogen-bond donors (Lipinski definition) is 0. The van der Waals surface area contributed by atoms with Crippen LogP contribution in [0.5, 0.6) is 0 Å². The lowest BCUT2D eigenvalue weighted by molar-refractivity contribution is 1.22. The molecule has 0 aromatic carbocycles. The first-order chi connectivity index (χ1) is 7.83. The summed E-state index contributed by atoms with van der Waals surface area (Å²) in [6, 6.07) is 0. The molecule has 0 saturated carbocycles. The van der Waals surface area contributed by atoms with E-state index in [1.807, 2.05) is 55.4 Å². The minimum absolute atomic E-state index is 1.16. The van der Waals surface area contributed by atoms with Crippen molar-refractivity contribution in [3.05, 3.63) is 24.3 Å². The van der Waals surface area contributed by atoms with E-state index in [1.165, 1.54) is 0 Å². The summed E-state index contributed by atoms with van der Waals surface area (Å²) in [7, 11) is 0. The van der Waals surface area contributed by atoms with Gasteiger partial charge >= 0.3 is 0 Å². The summed E-state index contributed by atoms with van der Waals surface area (Å²) in [5, 5.41) is 0. The van der Waals surface area contributed by atoms with Gasteiger partial charge in [-0.3, -0.25) is 0 Å². The van der Waals surface area contributed by atoms with Crippen LogP contribution >= 0.6 is 0 Å². The van der Waals surface area contributed by atoms with E-state index in [9.17, 15) is 0 Å². The number of rotatable bonds is 2. The van der Waals surface area contributed by atoms with Crippen LogP contribution in [0.2, 0.25) is 0 Å². The lowest BCUT2D eigenvalue weighted by Gasteiger charge is -1.65. The van der Waals surface area contributed by atoms with Gasteiger partial charge in [0.05, 0.1) is 0 Å². The van der Waals surface area contributed by atoms with Crippen LogP contribution in [-0.4, -0.2) is 0 Å². The van der Waals surface area contributed by atoms with Crippen molar-refractivity contribution in [2.75, 3.05) is 0 Å². The molecule has 0 nitrogen and oxygen atoms in total. The fraction of sp³-hybridized carbons (Fsp3) is 0.750. The van der Waals surface area contributed by atoms with Crippen LogP contribution in [-0.2, 0) is 0 Å². The van der Waals surface area contributed by atoms with Gasteiger partial charge in [-0.2, -0.15) is 0 Å². The average Bonchev–Trinajstić information content (AvgIpc) is 2.39. The van der Waals surface area contributed by atoms with Gasteiger partial charge in [0.1, 0.15) is 0 Å². The average molecular weight is 230 g/mol. The summed E-state index contributed by atoms with van der Waals surface area (Å²) < 4.78 is 0. The van der Waals surface area contributed by atoms with Crippen molar-refractivity contribution in [1.29, 1.82) is 0 Å². The van der Waals surface area contributed by atoms with Crippen molar-refractivity contribution in [3.63, 3.8) is 0 Å². The maximum atomic E-state index is 2.12. The number of hydrogen-bond acceptors (Lipinski definition) is 0. The van der Waals surface area contributed by atoms with Crippen LogP contribution in [0.4, 0.5) is 0 Å². The molecule has 0 atom stereocenters. The quantitative estimate of drug-likeness (QED) is 0.447. The van der Waals surface area contributed by atoms with E-state index in [2.05, 4.69) is 38.2 Å². The second kappa shape index (κ2) is 87.6. The molecule has 0 amide bonds. The minimum Gasteiger partial charge on any atom is -0.0917 e. The molecule has 0 fully saturated rings. The van der Waals surface area contributed by atoms with Crippen molar-refractivity contribution in [2.45, 2.75) is 82.1 Å². The van der Waals surface area contributed by atoms with Gasteiger partial charge < -0.3 is 0 Å². The van der Waals surface area contributed by atoms with Gasteiger partial charge in [-0.05, 0) is 26.7 Å². The van der Waals surface area contributed by atoms with Crippen LogP contribution < -0.4 is 0 Å². The first kappa shape index (κ1) is 29.6. The molecule has 0 aliphatic carbocycles. The van der Waals surface area contributed by atoms with Gasteiger partial charge in [-0.25, -0.2) is 0 Å². The third-order valence-corrected chi connectivity index (χ3v) is 0.943. The first-order valence-electron chi connectivity index (χ1n) is 7.05. The van der Waals surface area contributed by atoms with E-state index in [0.717, 1.165) is 12.8 Å². The Morgan fingerprint density at radius 2 is 0.750 bits per heavy atom. The predicted octanol–water partition coefficient (Wildman–Crippen LogP) is 7.02. The van der Waals surface area contributed by atoms with E-state index in [-0.39, 0.29) is 0 Å². The zero-order chi connectivity index (χ0) is 14.2. The smallest absolute Gasteiger partial charge is 0.0379 e. The predicted molar refractivity (Wildman–Crippen MR) is 84.3 cm³/mol. The standard InChI is InChI=1S/2C5H10.3C2H6/c2*1-3-5-4-2;3*1-2/h2*3,5H,4H2,1-2H3;3*1-2H3/b2*5-3-;;;. The molecule has 0 aromatic rings. The molecular weight excluding hydrogens is 192 g/mol. The lowest BCUT2D eigenvalue weighted by atomic mass is 10.4. The highest BCUT2D eigenvalue weighted by atomic mass is 13.6. The van der Waals surface area contributed by atoms with Crippen LogP contribution in [0.25, 0.3) is 0 Å². The Morgan fingerprint density at radius 3 is 0.750 bits per heavy atom. The van der Waals surface area contributed by atoms with Crippen molar-refractivity contribution in [3.8, 4) is 0 Å². The number of allylic oxidation sites excluding steroid dienone is 4. The molecular formula is C16H38. The third kappa shape index (κ3) is 173. The molecule has 0 aliphatic heterocycles. The van der Waals surface area contributed by atoms with Gasteiger partial charge in [0.25, 0.3) is 0 Å². The van der Waals surface area contributed by atoms with Crippen molar-refractivity contribution < 1.29 is 0 Å². The van der Waals surface area contributed by atoms with Gasteiger partial charge in [0.2, 0.25) is 0 Å². The van der Waals surface area contributed by atoms with Crippen molar-refractivity contribution >= 4 is 0 Å². The summed E-state index contributed by atoms with van der Waals surface area (Å²) in [5.74, 6) is 0. The zero-order valence-electron chi connectivity index (χ0n) is 13.7. The molecule has 0 rings (SSSR count). The Bertz CT molecular complexity index is 66.0. The summed E-state index contributed by atoms with van der Waals surface area (Å²) in [6.45, 7) is 20.3. The molecule has 0 spiro atoms. The van der Waals surface area contributed by atoms with Crippen molar-refractivity contribution in [2.24, 2.45) is 0 Å². The largest absolute Gasteiger partial charge is 0.0917 e. The SMILES string of the molecule is C/C=C\CC.C/C=C\CC.CC.CC.CC. The first-order valence-corrected chi connectivity index (χ1v) is 7.05. The zero-order valence-corrected chi connectivity index (χ0v) is 13.7. The molecule has 0 N–H and O–H groups in total. The molecule has 0 radical (unpaired) electrons. The Morgan fingerprint density at radius 1 is 0.562 bits per heavy atom. The van der Waals surface area contributed by atoms with Crippen LogP contribution in [0.1, 0.15) is 82.1 Å². The molecule has 0 aliphatic rings. The lowest BCUT2D eigenvalue weighted by Crippen LogP contribution is -1.43. The van der Waals surface area contributed by atoms with E-state index >= 15 is 0 Å². The van der Waals surface area contributed by atoms with Gasteiger partial charge in [0, 0.05) is 0 Å². The van der Waals surface area contributed by atoms with Gasteiger partial charge in [-0.15, -0.1) is 0 Å². The highest BCUT2D eigenvalue weighted by Crippen LogP contribution is 1.74. The highest BCUT2D eigenvalue weighted by Gasteiger charge is 1.52. The summed E-state index contributed by atoms with van der Waals surface area (Å²) in [4.78, 5) is 0. The van der Waals surface area contributed by atoms with Gasteiger partial charge in [0.15, 0.2) is 0 Å². The Labute approximate surface area is 107 Å². The molecule has 0 aromatic heterocycles.